The van der Waals surface area contributed by atoms with E-state index in [4.69, 9.17) is 13.1 Å². The maximum absolute atomic E-state index is 12.3. The molecule has 0 spiro atoms. The van der Waals surface area contributed by atoms with Crippen molar-refractivity contribution >= 4 is 26.3 Å². The summed E-state index contributed by atoms with van der Waals surface area (Å²) < 4.78 is 60.2. The third-order valence-electron chi connectivity index (χ3n) is 3.72. The standard InChI is InChI=1S/C14H27NO8S2/c1-13(2,3)23-12(16)15-7-11(8-21-24(5,17)18)14(4,9-15)10-22-25(6,19)20/h11H,7-10H2,1-6H3. The van der Waals surface area contributed by atoms with Crippen molar-refractivity contribution in [2.75, 3.05) is 38.8 Å². The van der Waals surface area contributed by atoms with Gasteiger partial charge in [0, 0.05) is 24.4 Å². The highest BCUT2D eigenvalue weighted by Crippen LogP contribution is 2.37. The van der Waals surface area contributed by atoms with Crippen LogP contribution in [0.4, 0.5) is 4.79 Å². The summed E-state index contributed by atoms with van der Waals surface area (Å²) in [4.78, 5) is 13.7. The van der Waals surface area contributed by atoms with Gasteiger partial charge in [0.05, 0.1) is 25.7 Å². The number of hydrogen-bond acceptors (Lipinski definition) is 8. The second-order valence-corrected chi connectivity index (χ2v) is 11.0. The third kappa shape index (κ3) is 7.89. The molecule has 148 valence electrons. The van der Waals surface area contributed by atoms with Crippen LogP contribution in [0.5, 0.6) is 0 Å². The zero-order valence-electron chi connectivity index (χ0n) is 15.4. The van der Waals surface area contributed by atoms with Crippen LogP contribution in [0, 0.1) is 11.3 Å². The van der Waals surface area contributed by atoms with Gasteiger partial charge in [-0.05, 0) is 20.8 Å². The topological polar surface area (TPSA) is 116 Å². The summed E-state index contributed by atoms with van der Waals surface area (Å²) in [5, 5.41) is 0. The van der Waals surface area contributed by atoms with Crippen LogP contribution in [-0.2, 0) is 33.3 Å². The van der Waals surface area contributed by atoms with Crippen molar-refractivity contribution in [3.05, 3.63) is 0 Å². The summed E-state index contributed by atoms with van der Waals surface area (Å²) in [6, 6.07) is 0. The number of hydrogen-bond donors (Lipinski definition) is 0. The molecule has 0 aromatic carbocycles. The lowest BCUT2D eigenvalue weighted by Crippen LogP contribution is -2.38. The molecule has 2 unspecified atom stereocenters. The van der Waals surface area contributed by atoms with E-state index in [1.807, 2.05) is 0 Å². The van der Waals surface area contributed by atoms with Gasteiger partial charge in [0.2, 0.25) is 0 Å². The molecule has 0 radical (unpaired) electrons. The molecular formula is C14H27NO8S2. The van der Waals surface area contributed by atoms with Gasteiger partial charge < -0.3 is 9.64 Å². The number of ether oxygens (including phenoxy) is 1. The van der Waals surface area contributed by atoms with E-state index in [1.54, 1.807) is 27.7 Å². The molecule has 1 aliphatic rings. The summed E-state index contributed by atoms with van der Waals surface area (Å²) in [7, 11) is -7.34. The van der Waals surface area contributed by atoms with Gasteiger partial charge in [-0.3, -0.25) is 8.37 Å². The van der Waals surface area contributed by atoms with Gasteiger partial charge in [-0.15, -0.1) is 0 Å². The molecule has 1 heterocycles. The smallest absolute Gasteiger partial charge is 0.410 e. The molecule has 0 N–H and O–H groups in total. The molecule has 1 rings (SSSR count). The zero-order valence-corrected chi connectivity index (χ0v) is 17.1. The Morgan fingerprint density at radius 1 is 1.12 bits per heavy atom. The summed E-state index contributed by atoms with van der Waals surface area (Å²) in [5.41, 5.74) is -1.48. The van der Waals surface area contributed by atoms with Gasteiger partial charge in [0.15, 0.2) is 0 Å². The Balaban J connectivity index is 2.93. The van der Waals surface area contributed by atoms with E-state index in [1.165, 1.54) is 4.90 Å². The SMILES string of the molecule is CC(C)(C)OC(=O)N1CC(COS(C)(=O)=O)C(C)(COS(C)(=O)=O)C1. The molecule has 0 aromatic rings. The average molecular weight is 402 g/mol. The van der Waals surface area contributed by atoms with E-state index in [9.17, 15) is 21.6 Å². The average Bonchev–Trinajstić information content (AvgIpc) is 2.69. The van der Waals surface area contributed by atoms with E-state index < -0.39 is 43.3 Å². The van der Waals surface area contributed by atoms with Crippen LogP contribution in [0.1, 0.15) is 27.7 Å². The Bertz CT molecular complexity index is 695. The Kier molecular flexibility index (Phi) is 6.53. The first-order chi connectivity index (χ1) is 11.0. The van der Waals surface area contributed by atoms with E-state index in [0.717, 1.165) is 12.5 Å². The molecule has 9 nitrogen and oxygen atoms in total. The molecule has 25 heavy (non-hydrogen) atoms. The van der Waals surface area contributed by atoms with E-state index in [-0.39, 0.29) is 26.3 Å². The molecule has 2 atom stereocenters. The maximum Gasteiger partial charge on any atom is 0.410 e. The molecule has 1 amide bonds. The fraction of sp³-hybridized carbons (Fsp3) is 0.929. The number of carbonyl (C=O) groups excluding carboxylic acids is 1. The van der Waals surface area contributed by atoms with Crippen molar-refractivity contribution in [3.8, 4) is 0 Å². The predicted molar refractivity (Wildman–Crippen MR) is 91.0 cm³/mol. The number of nitrogens with zero attached hydrogens (tertiary/aromatic N) is 1. The number of carbonyl (C=O) groups is 1. The summed E-state index contributed by atoms with van der Waals surface area (Å²) in [5.74, 6) is -0.434. The fourth-order valence-corrected chi connectivity index (χ4v) is 3.34. The van der Waals surface area contributed by atoms with Crippen molar-refractivity contribution in [1.29, 1.82) is 0 Å². The van der Waals surface area contributed by atoms with Crippen molar-refractivity contribution < 1.29 is 34.7 Å². The van der Waals surface area contributed by atoms with E-state index in [2.05, 4.69) is 0 Å². The molecule has 0 aliphatic carbocycles. The molecular weight excluding hydrogens is 374 g/mol. The molecule has 1 saturated heterocycles. The first-order valence-corrected chi connectivity index (χ1v) is 11.3. The van der Waals surface area contributed by atoms with Crippen LogP contribution >= 0.6 is 0 Å². The molecule has 0 bridgehead atoms. The lowest BCUT2D eigenvalue weighted by molar-refractivity contribution is 0.0266. The van der Waals surface area contributed by atoms with Gasteiger partial charge in [-0.2, -0.15) is 16.8 Å². The van der Waals surface area contributed by atoms with Gasteiger partial charge >= 0.3 is 6.09 Å². The van der Waals surface area contributed by atoms with Crippen LogP contribution < -0.4 is 0 Å². The Labute approximate surface area is 149 Å². The maximum atomic E-state index is 12.3. The number of rotatable bonds is 6. The lowest BCUT2D eigenvalue weighted by Gasteiger charge is -2.29. The van der Waals surface area contributed by atoms with Crippen molar-refractivity contribution in [3.63, 3.8) is 0 Å². The minimum absolute atomic E-state index is 0.162. The molecule has 1 fully saturated rings. The van der Waals surface area contributed by atoms with Gasteiger partial charge in [0.25, 0.3) is 20.2 Å². The Morgan fingerprint density at radius 2 is 1.64 bits per heavy atom. The molecule has 1 aliphatic heterocycles. The largest absolute Gasteiger partial charge is 0.444 e. The molecule has 0 aromatic heterocycles. The summed E-state index contributed by atoms with van der Waals surface area (Å²) >= 11 is 0. The first kappa shape index (κ1) is 22.1. The second kappa shape index (κ2) is 7.37. The Hall–Kier alpha value is -0.910. The fourth-order valence-electron chi connectivity index (χ4n) is 2.45. The van der Waals surface area contributed by atoms with Gasteiger partial charge in [-0.25, -0.2) is 4.79 Å². The number of likely N-dealkylation sites (tertiary alicyclic amines) is 1. The Morgan fingerprint density at radius 3 is 2.08 bits per heavy atom. The first-order valence-electron chi connectivity index (χ1n) is 7.67. The minimum Gasteiger partial charge on any atom is -0.444 e. The summed E-state index contributed by atoms with van der Waals surface area (Å²) in [6.07, 6.45) is 1.30. The second-order valence-electron chi connectivity index (χ2n) is 7.67. The monoisotopic (exact) mass is 401 g/mol. The highest BCUT2D eigenvalue weighted by atomic mass is 32.2. The molecule has 11 heteroatoms. The lowest BCUT2D eigenvalue weighted by atomic mass is 9.81. The van der Waals surface area contributed by atoms with Crippen LogP contribution in [0.3, 0.4) is 0 Å². The van der Waals surface area contributed by atoms with Gasteiger partial charge in [0.1, 0.15) is 5.60 Å². The van der Waals surface area contributed by atoms with Crippen molar-refractivity contribution in [2.45, 2.75) is 33.3 Å². The van der Waals surface area contributed by atoms with Crippen LogP contribution in [0.2, 0.25) is 0 Å². The van der Waals surface area contributed by atoms with E-state index >= 15 is 0 Å². The third-order valence-corrected chi connectivity index (χ3v) is 4.83. The van der Waals surface area contributed by atoms with Crippen molar-refractivity contribution in [2.24, 2.45) is 11.3 Å². The molecule has 0 saturated carbocycles. The normalized spacial score (nSPS) is 25.2. The van der Waals surface area contributed by atoms with Crippen molar-refractivity contribution in [1.82, 2.24) is 4.90 Å². The number of amides is 1. The van der Waals surface area contributed by atoms with Crippen LogP contribution in [0.15, 0.2) is 0 Å². The highest BCUT2D eigenvalue weighted by molar-refractivity contribution is 7.86. The highest BCUT2D eigenvalue weighted by Gasteiger charge is 2.47. The quantitative estimate of drug-likeness (QED) is 0.600. The summed E-state index contributed by atoms with van der Waals surface area (Å²) in [6.45, 7) is 6.89. The van der Waals surface area contributed by atoms with Gasteiger partial charge in [-0.1, -0.05) is 6.92 Å². The van der Waals surface area contributed by atoms with Crippen LogP contribution in [0.25, 0.3) is 0 Å². The van der Waals surface area contributed by atoms with E-state index in [0.29, 0.717) is 0 Å². The van der Waals surface area contributed by atoms with Crippen LogP contribution in [-0.4, -0.2) is 72.2 Å². The minimum atomic E-state index is -3.68. The predicted octanol–water partition coefficient (Wildman–Crippen LogP) is 0.812. The zero-order chi connectivity index (χ0) is 19.7.